The Morgan fingerprint density at radius 1 is 1.10 bits per heavy atom. The van der Waals surface area contributed by atoms with E-state index in [0.29, 0.717) is 0 Å². The van der Waals surface area contributed by atoms with Crippen LogP contribution in [-0.2, 0) is 19.6 Å². The zero-order valence-electron chi connectivity index (χ0n) is 16.6. The second-order valence-corrected chi connectivity index (χ2v) is 7.82. The molecule has 5 rings (SSSR count). The van der Waals surface area contributed by atoms with Gasteiger partial charge in [0.2, 0.25) is 0 Å². The molecule has 4 aromatic rings. The van der Waals surface area contributed by atoms with Crippen LogP contribution in [0.25, 0.3) is 5.65 Å². The summed E-state index contributed by atoms with van der Waals surface area (Å²) < 4.78 is 4.15. The Kier molecular flexibility index (Phi) is 4.66. The molecule has 1 unspecified atom stereocenters. The van der Waals surface area contributed by atoms with Gasteiger partial charge in [0.1, 0.15) is 11.8 Å². The van der Waals surface area contributed by atoms with Gasteiger partial charge >= 0.3 is 0 Å². The van der Waals surface area contributed by atoms with Crippen molar-refractivity contribution in [3.63, 3.8) is 0 Å². The third kappa shape index (κ3) is 3.57. The Morgan fingerprint density at radius 3 is 2.79 bits per heavy atom. The largest absolute Gasteiger partial charge is 0.382 e. The fraction of sp³-hybridized carbons (Fsp3) is 0.304. The molecule has 1 N–H and O–H groups in total. The standard InChI is InChI=1S/C23H25N5O/c1-17-7-5-11-27-15-19(24-23(17)27)14-26-10-6-12-28-20(16-26)13-21(25-28)22(29)18-8-3-2-4-9-18/h2-5,7-9,11,13,15,22,29H,6,10,12,14,16H2,1H3. The predicted octanol–water partition coefficient (Wildman–Crippen LogP) is 3.33. The molecule has 29 heavy (non-hydrogen) atoms. The summed E-state index contributed by atoms with van der Waals surface area (Å²) in [6.07, 6.45) is 4.51. The molecule has 4 heterocycles. The number of aliphatic hydroxyl groups excluding tert-OH is 1. The summed E-state index contributed by atoms with van der Waals surface area (Å²) in [7, 11) is 0. The Bertz CT molecular complexity index is 1130. The van der Waals surface area contributed by atoms with Gasteiger partial charge in [-0.2, -0.15) is 5.10 Å². The van der Waals surface area contributed by atoms with Gasteiger partial charge in [-0.3, -0.25) is 9.58 Å². The predicted molar refractivity (Wildman–Crippen MR) is 111 cm³/mol. The molecule has 0 radical (unpaired) electrons. The molecule has 6 heteroatoms. The van der Waals surface area contributed by atoms with E-state index in [-0.39, 0.29) is 0 Å². The van der Waals surface area contributed by atoms with Gasteiger partial charge in [0.05, 0.1) is 17.1 Å². The number of aliphatic hydroxyl groups is 1. The van der Waals surface area contributed by atoms with Gasteiger partial charge in [0.15, 0.2) is 0 Å². The first-order valence-corrected chi connectivity index (χ1v) is 10.1. The SMILES string of the molecule is Cc1cccn2cc(CN3CCCn4nc(C(O)c5ccccc5)cc4C3)nc12. The van der Waals surface area contributed by atoms with Gasteiger partial charge in [-0.15, -0.1) is 0 Å². The van der Waals surface area contributed by atoms with E-state index in [1.165, 1.54) is 5.56 Å². The molecule has 6 nitrogen and oxygen atoms in total. The van der Waals surface area contributed by atoms with E-state index in [9.17, 15) is 5.11 Å². The van der Waals surface area contributed by atoms with E-state index in [0.717, 1.165) is 60.9 Å². The highest BCUT2D eigenvalue weighted by molar-refractivity contribution is 5.47. The number of aromatic nitrogens is 4. The maximum atomic E-state index is 10.7. The normalized spacial score (nSPS) is 15.9. The van der Waals surface area contributed by atoms with Gasteiger partial charge in [0, 0.05) is 38.6 Å². The van der Waals surface area contributed by atoms with Crippen LogP contribution in [0.4, 0.5) is 0 Å². The molecule has 0 aliphatic carbocycles. The van der Waals surface area contributed by atoms with E-state index in [1.54, 1.807) is 0 Å². The third-order valence-corrected chi connectivity index (χ3v) is 5.62. The number of fused-ring (bicyclic) bond motifs is 2. The average molecular weight is 387 g/mol. The lowest BCUT2D eigenvalue weighted by Gasteiger charge is -2.17. The molecule has 0 fully saturated rings. The number of hydrogen-bond donors (Lipinski definition) is 1. The Hall–Kier alpha value is -2.96. The summed E-state index contributed by atoms with van der Waals surface area (Å²) in [6.45, 7) is 5.59. The molecule has 0 saturated carbocycles. The third-order valence-electron chi connectivity index (χ3n) is 5.62. The summed E-state index contributed by atoms with van der Waals surface area (Å²) >= 11 is 0. The molecule has 148 valence electrons. The number of benzene rings is 1. The fourth-order valence-corrected chi connectivity index (χ4v) is 4.14. The van der Waals surface area contributed by atoms with Crippen LogP contribution in [-0.4, -0.2) is 35.7 Å². The highest BCUT2D eigenvalue weighted by Gasteiger charge is 2.21. The molecule has 3 aromatic heterocycles. The number of hydrogen-bond acceptors (Lipinski definition) is 4. The fourth-order valence-electron chi connectivity index (χ4n) is 4.14. The molecule has 1 aliphatic heterocycles. The van der Waals surface area contributed by atoms with E-state index in [2.05, 4.69) is 39.2 Å². The monoisotopic (exact) mass is 387 g/mol. The maximum absolute atomic E-state index is 10.7. The Morgan fingerprint density at radius 2 is 1.97 bits per heavy atom. The molecule has 1 aliphatic rings. The maximum Gasteiger partial charge on any atom is 0.139 e. The zero-order valence-corrected chi connectivity index (χ0v) is 16.6. The first-order chi connectivity index (χ1) is 14.2. The zero-order chi connectivity index (χ0) is 19.8. The van der Waals surface area contributed by atoms with Crippen molar-refractivity contribution >= 4 is 5.65 Å². The van der Waals surface area contributed by atoms with Crippen LogP contribution in [0, 0.1) is 6.92 Å². The van der Waals surface area contributed by atoms with Crippen LogP contribution < -0.4 is 0 Å². The van der Waals surface area contributed by atoms with Crippen molar-refractivity contribution in [2.45, 2.75) is 39.1 Å². The second-order valence-electron chi connectivity index (χ2n) is 7.82. The number of imidazole rings is 1. The molecule has 1 atom stereocenters. The van der Waals surface area contributed by atoms with Crippen molar-refractivity contribution in [1.29, 1.82) is 0 Å². The number of pyridine rings is 1. The van der Waals surface area contributed by atoms with Crippen molar-refractivity contribution in [3.05, 3.63) is 89.1 Å². The van der Waals surface area contributed by atoms with Gasteiger partial charge in [-0.25, -0.2) is 4.98 Å². The van der Waals surface area contributed by atoms with Crippen LogP contribution in [0.1, 0.15) is 40.7 Å². The smallest absolute Gasteiger partial charge is 0.139 e. The van der Waals surface area contributed by atoms with Gasteiger partial charge < -0.3 is 9.51 Å². The highest BCUT2D eigenvalue weighted by atomic mass is 16.3. The number of nitrogens with zero attached hydrogens (tertiary/aromatic N) is 5. The Balaban J connectivity index is 1.36. The molecule has 1 aromatic carbocycles. The summed E-state index contributed by atoms with van der Waals surface area (Å²) in [6, 6.07) is 15.9. The minimum absolute atomic E-state index is 0.689. The molecule has 0 spiro atoms. The average Bonchev–Trinajstić information content (AvgIpc) is 3.28. The van der Waals surface area contributed by atoms with E-state index in [4.69, 9.17) is 10.1 Å². The lowest BCUT2D eigenvalue weighted by molar-refractivity contribution is 0.213. The lowest BCUT2D eigenvalue weighted by atomic mass is 10.1. The minimum Gasteiger partial charge on any atom is -0.382 e. The van der Waals surface area contributed by atoms with Crippen LogP contribution >= 0.6 is 0 Å². The first-order valence-electron chi connectivity index (χ1n) is 10.1. The molecule has 0 amide bonds. The summed E-state index contributed by atoms with van der Waals surface area (Å²) in [5.41, 5.74) is 6.03. The summed E-state index contributed by atoms with van der Waals surface area (Å²) in [5.74, 6) is 0. The van der Waals surface area contributed by atoms with Crippen LogP contribution in [0.2, 0.25) is 0 Å². The van der Waals surface area contributed by atoms with E-state index < -0.39 is 6.10 Å². The van der Waals surface area contributed by atoms with Crippen molar-refractivity contribution in [2.24, 2.45) is 0 Å². The van der Waals surface area contributed by atoms with Crippen molar-refractivity contribution in [2.75, 3.05) is 6.54 Å². The summed E-state index contributed by atoms with van der Waals surface area (Å²) in [4.78, 5) is 7.24. The van der Waals surface area contributed by atoms with Crippen LogP contribution in [0.5, 0.6) is 0 Å². The van der Waals surface area contributed by atoms with Crippen molar-refractivity contribution in [3.8, 4) is 0 Å². The van der Waals surface area contributed by atoms with Crippen molar-refractivity contribution in [1.82, 2.24) is 24.1 Å². The Labute approximate surface area is 170 Å². The minimum atomic E-state index is -0.689. The van der Waals surface area contributed by atoms with Gasteiger partial charge in [-0.1, -0.05) is 36.4 Å². The number of rotatable bonds is 4. The quantitative estimate of drug-likeness (QED) is 0.584. The number of aryl methyl sites for hydroxylation is 2. The van der Waals surface area contributed by atoms with E-state index >= 15 is 0 Å². The first kappa shape index (κ1) is 18.1. The lowest BCUT2D eigenvalue weighted by Crippen LogP contribution is -2.23. The topological polar surface area (TPSA) is 58.6 Å². The summed E-state index contributed by atoms with van der Waals surface area (Å²) in [5, 5.41) is 15.4. The second kappa shape index (κ2) is 7.46. The highest BCUT2D eigenvalue weighted by Crippen LogP contribution is 2.24. The van der Waals surface area contributed by atoms with E-state index in [1.807, 2.05) is 42.6 Å². The molecule has 0 bridgehead atoms. The van der Waals surface area contributed by atoms with Gasteiger partial charge in [0.25, 0.3) is 0 Å². The van der Waals surface area contributed by atoms with Crippen molar-refractivity contribution < 1.29 is 5.11 Å². The molecule has 0 saturated heterocycles. The molecular weight excluding hydrogens is 362 g/mol. The van der Waals surface area contributed by atoms with Gasteiger partial charge in [-0.05, 0) is 36.6 Å². The van der Waals surface area contributed by atoms with Crippen LogP contribution in [0.3, 0.4) is 0 Å². The molecular formula is C23H25N5O. The van der Waals surface area contributed by atoms with Crippen LogP contribution in [0.15, 0.2) is 60.9 Å².